The first-order valence-electron chi connectivity index (χ1n) is 9.09. The Bertz CT molecular complexity index is 1180. The van der Waals surface area contributed by atoms with Crippen molar-refractivity contribution >= 4 is 48.1 Å². The molecular weight excluding hydrogens is 410 g/mol. The highest BCUT2D eigenvalue weighted by Gasteiger charge is 2.23. The van der Waals surface area contributed by atoms with Crippen LogP contribution in [0.3, 0.4) is 0 Å². The van der Waals surface area contributed by atoms with Crippen molar-refractivity contribution in [2.75, 3.05) is 11.9 Å². The Kier molecular flexibility index (Phi) is 6.04. The van der Waals surface area contributed by atoms with Gasteiger partial charge in [0.2, 0.25) is 0 Å². The molecule has 0 spiro atoms. The number of rotatable bonds is 6. The largest absolute Gasteiger partial charge is 0.462 e. The normalized spacial score (nSPS) is 11.6. The molecule has 2 aromatic carbocycles. The SMILES string of the molecule is CCOC(=O)c1c(NC(=O)c2cccc(S(=O)(=O)C(C)C)c2)sc2ccccc12. The number of hydrogen-bond donors (Lipinski definition) is 1. The zero-order chi connectivity index (χ0) is 21.2. The van der Waals surface area contributed by atoms with Gasteiger partial charge in [0.15, 0.2) is 9.84 Å². The van der Waals surface area contributed by atoms with Crippen LogP contribution in [-0.2, 0) is 14.6 Å². The van der Waals surface area contributed by atoms with Crippen LogP contribution >= 0.6 is 11.3 Å². The van der Waals surface area contributed by atoms with Gasteiger partial charge in [-0.25, -0.2) is 13.2 Å². The highest BCUT2D eigenvalue weighted by atomic mass is 32.2. The quantitative estimate of drug-likeness (QED) is 0.580. The molecule has 0 aliphatic rings. The lowest BCUT2D eigenvalue weighted by Crippen LogP contribution is -2.17. The van der Waals surface area contributed by atoms with E-state index in [1.54, 1.807) is 26.8 Å². The summed E-state index contributed by atoms with van der Waals surface area (Å²) < 4.78 is 30.8. The van der Waals surface area contributed by atoms with E-state index in [1.165, 1.54) is 35.6 Å². The fourth-order valence-electron chi connectivity index (χ4n) is 2.80. The van der Waals surface area contributed by atoms with Crippen molar-refractivity contribution in [2.24, 2.45) is 0 Å². The highest BCUT2D eigenvalue weighted by Crippen LogP contribution is 2.36. The van der Waals surface area contributed by atoms with Crippen LogP contribution in [-0.4, -0.2) is 32.2 Å². The average Bonchev–Trinajstić information content (AvgIpc) is 3.06. The van der Waals surface area contributed by atoms with Gasteiger partial charge in [-0.05, 0) is 45.0 Å². The number of carbonyl (C=O) groups excluding carboxylic acids is 2. The van der Waals surface area contributed by atoms with Gasteiger partial charge in [0.05, 0.1) is 16.8 Å². The van der Waals surface area contributed by atoms with Crippen molar-refractivity contribution in [1.82, 2.24) is 0 Å². The Hall–Kier alpha value is -2.71. The predicted molar refractivity (Wildman–Crippen MR) is 114 cm³/mol. The lowest BCUT2D eigenvalue weighted by atomic mass is 10.1. The van der Waals surface area contributed by atoms with Crippen molar-refractivity contribution in [3.63, 3.8) is 0 Å². The second-order valence-electron chi connectivity index (χ2n) is 6.60. The lowest BCUT2D eigenvalue weighted by Gasteiger charge is -2.10. The molecule has 0 aliphatic carbocycles. The molecule has 0 saturated heterocycles. The van der Waals surface area contributed by atoms with Crippen molar-refractivity contribution in [2.45, 2.75) is 30.9 Å². The second kappa shape index (κ2) is 8.34. The molecule has 0 radical (unpaired) electrons. The van der Waals surface area contributed by atoms with Crippen LogP contribution in [0.1, 0.15) is 41.5 Å². The van der Waals surface area contributed by atoms with Crippen LogP contribution in [0.4, 0.5) is 5.00 Å². The molecule has 1 amide bonds. The number of carbonyl (C=O) groups is 2. The molecule has 3 aromatic rings. The molecule has 0 fully saturated rings. The molecule has 6 nitrogen and oxygen atoms in total. The molecule has 8 heteroatoms. The van der Waals surface area contributed by atoms with E-state index in [0.29, 0.717) is 16.0 Å². The summed E-state index contributed by atoms with van der Waals surface area (Å²) in [6, 6.07) is 13.2. The predicted octanol–water partition coefficient (Wildman–Crippen LogP) is 4.51. The van der Waals surface area contributed by atoms with Crippen molar-refractivity contribution in [1.29, 1.82) is 0 Å². The second-order valence-corrected chi connectivity index (χ2v) is 10.2. The van der Waals surface area contributed by atoms with Crippen LogP contribution in [0.25, 0.3) is 10.1 Å². The smallest absolute Gasteiger partial charge is 0.341 e. The van der Waals surface area contributed by atoms with Crippen molar-refractivity contribution in [3.05, 3.63) is 59.7 Å². The molecule has 0 atom stereocenters. The maximum atomic E-state index is 12.8. The number of hydrogen-bond acceptors (Lipinski definition) is 6. The number of thiophene rings is 1. The van der Waals surface area contributed by atoms with E-state index < -0.39 is 27.0 Å². The standard InChI is InChI=1S/C21H21NO5S2/c1-4-27-21(24)18-16-10-5-6-11-17(16)28-20(18)22-19(23)14-8-7-9-15(12-14)29(25,26)13(2)3/h5-13H,4H2,1-3H3,(H,22,23). The summed E-state index contributed by atoms with van der Waals surface area (Å²) in [5.74, 6) is -1.01. The number of anilines is 1. The van der Waals surface area contributed by atoms with Crippen LogP contribution in [0.5, 0.6) is 0 Å². The fourth-order valence-corrected chi connectivity index (χ4v) is 4.99. The van der Waals surface area contributed by atoms with E-state index >= 15 is 0 Å². The third-order valence-corrected chi connectivity index (χ3v) is 7.59. The van der Waals surface area contributed by atoms with Crippen molar-refractivity contribution in [3.8, 4) is 0 Å². The molecule has 1 heterocycles. The number of ether oxygens (including phenoxy) is 1. The molecule has 1 N–H and O–H groups in total. The van der Waals surface area contributed by atoms with Gasteiger partial charge in [0.25, 0.3) is 5.91 Å². The van der Waals surface area contributed by atoms with Gasteiger partial charge in [-0.2, -0.15) is 0 Å². The molecular formula is C21H21NO5S2. The van der Waals surface area contributed by atoms with E-state index in [1.807, 2.05) is 18.2 Å². The number of nitrogens with one attached hydrogen (secondary N) is 1. The number of esters is 1. The van der Waals surface area contributed by atoms with Gasteiger partial charge >= 0.3 is 5.97 Å². The van der Waals surface area contributed by atoms with Gasteiger partial charge in [-0.15, -0.1) is 11.3 Å². The van der Waals surface area contributed by atoms with E-state index in [4.69, 9.17) is 4.74 Å². The Morgan fingerprint density at radius 3 is 2.52 bits per heavy atom. The Morgan fingerprint density at radius 2 is 1.83 bits per heavy atom. The molecule has 0 unspecified atom stereocenters. The maximum absolute atomic E-state index is 12.8. The number of benzene rings is 2. The molecule has 29 heavy (non-hydrogen) atoms. The average molecular weight is 432 g/mol. The summed E-state index contributed by atoms with van der Waals surface area (Å²) in [6.45, 7) is 5.10. The maximum Gasteiger partial charge on any atom is 0.341 e. The van der Waals surface area contributed by atoms with E-state index in [2.05, 4.69) is 5.32 Å². The third kappa shape index (κ3) is 4.18. The first-order valence-corrected chi connectivity index (χ1v) is 11.5. The van der Waals surface area contributed by atoms with Gasteiger partial charge in [0.1, 0.15) is 10.6 Å². The molecule has 1 aromatic heterocycles. The van der Waals surface area contributed by atoms with E-state index in [9.17, 15) is 18.0 Å². The minimum Gasteiger partial charge on any atom is -0.462 e. The first kappa shape index (κ1) is 21.0. The van der Waals surface area contributed by atoms with Gasteiger partial charge in [-0.3, -0.25) is 4.79 Å². The number of fused-ring (bicyclic) bond motifs is 1. The van der Waals surface area contributed by atoms with Crippen LogP contribution in [0, 0.1) is 0 Å². The van der Waals surface area contributed by atoms with Gasteiger partial charge in [-0.1, -0.05) is 24.3 Å². The molecule has 0 aliphatic heterocycles. The summed E-state index contributed by atoms with van der Waals surface area (Å²) in [7, 11) is -3.51. The summed E-state index contributed by atoms with van der Waals surface area (Å²) in [5.41, 5.74) is 0.491. The van der Waals surface area contributed by atoms with Crippen LogP contribution in [0.2, 0.25) is 0 Å². The number of sulfone groups is 1. The highest BCUT2D eigenvalue weighted by molar-refractivity contribution is 7.92. The minimum atomic E-state index is -3.51. The lowest BCUT2D eigenvalue weighted by molar-refractivity contribution is 0.0530. The first-order chi connectivity index (χ1) is 13.8. The summed E-state index contributed by atoms with van der Waals surface area (Å²) >= 11 is 1.26. The van der Waals surface area contributed by atoms with Crippen LogP contribution < -0.4 is 5.32 Å². The summed E-state index contributed by atoms with van der Waals surface area (Å²) in [5, 5.41) is 3.21. The molecule has 0 saturated carbocycles. The Labute approximate surface area is 173 Å². The topological polar surface area (TPSA) is 89.5 Å². The van der Waals surface area contributed by atoms with Crippen LogP contribution in [0.15, 0.2) is 53.4 Å². The van der Waals surface area contributed by atoms with Crippen molar-refractivity contribution < 1.29 is 22.7 Å². The zero-order valence-electron chi connectivity index (χ0n) is 16.3. The van der Waals surface area contributed by atoms with Gasteiger partial charge < -0.3 is 10.1 Å². The number of amides is 1. The molecule has 0 bridgehead atoms. The minimum absolute atomic E-state index is 0.0853. The Balaban J connectivity index is 1.99. The van der Waals surface area contributed by atoms with E-state index in [0.717, 1.165) is 4.70 Å². The summed E-state index contributed by atoms with van der Waals surface area (Å²) in [4.78, 5) is 25.4. The Morgan fingerprint density at radius 1 is 1.10 bits per heavy atom. The molecule has 152 valence electrons. The summed E-state index contributed by atoms with van der Waals surface area (Å²) in [6.07, 6.45) is 0. The zero-order valence-corrected chi connectivity index (χ0v) is 17.9. The molecule has 3 rings (SSSR count). The fraction of sp³-hybridized carbons (Fsp3) is 0.238. The third-order valence-electron chi connectivity index (χ3n) is 4.35. The van der Waals surface area contributed by atoms with Gasteiger partial charge in [0, 0.05) is 15.6 Å². The van der Waals surface area contributed by atoms with E-state index in [-0.39, 0.29) is 17.1 Å². The monoisotopic (exact) mass is 431 g/mol.